The fourth-order valence-electron chi connectivity index (χ4n) is 1.97. The summed E-state index contributed by atoms with van der Waals surface area (Å²) in [5, 5.41) is 12.0. The Labute approximate surface area is 127 Å². The lowest BCUT2D eigenvalue weighted by Crippen LogP contribution is -1.99. The third kappa shape index (κ3) is 3.41. The zero-order valence-corrected chi connectivity index (χ0v) is 12.3. The van der Waals surface area contributed by atoms with Crippen LogP contribution in [0.5, 0.6) is 0 Å². The van der Waals surface area contributed by atoms with Crippen molar-refractivity contribution in [2.24, 2.45) is 0 Å². The Hall–Kier alpha value is -2.33. The number of nitrogens with zero attached hydrogens (tertiary/aromatic N) is 2. The Kier molecular flexibility index (Phi) is 3.88. The summed E-state index contributed by atoms with van der Waals surface area (Å²) in [6, 6.07) is 15.4. The third-order valence-corrected chi connectivity index (χ3v) is 3.27. The number of aromatic nitrogens is 2. The van der Waals surface area contributed by atoms with Gasteiger partial charge in [0.25, 0.3) is 0 Å². The van der Waals surface area contributed by atoms with Crippen LogP contribution in [-0.4, -0.2) is 10.2 Å². The van der Waals surface area contributed by atoms with Gasteiger partial charge in [-0.05, 0) is 48.9 Å². The highest BCUT2D eigenvalue weighted by atomic mass is 35.5. The summed E-state index contributed by atoms with van der Waals surface area (Å²) in [4.78, 5) is 0. The maximum Gasteiger partial charge on any atom is 0.247 e. The van der Waals surface area contributed by atoms with Crippen LogP contribution in [0.25, 0.3) is 11.5 Å². The number of rotatable bonds is 4. The molecule has 106 valence electrons. The molecule has 4 nitrogen and oxygen atoms in total. The Bertz CT molecular complexity index is 737. The molecule has 0 saturated heterocycles. The summed E-state index contributed by atoms with van der Waals surface area (Å²) in [5.41, 5.74) is 3.09. The molecule has 3 aromatic rings. The van der Waals surface area contributed by atoms with E-state index in [1.807, 2.05) is 24.3 Å². The van der Waals surface area contributed by atoms with E-state index in [1.54, 1.807) is 12.1 Å². The van der Waals surface area contributed by atoms with Gasteiger partial charge in [0, 0.05) is 16.3 Å². The molecular weight excluding hydrogens is 286 g/mol. The molecule has 0 spiro atoms. The first-order valence-corrected chi connectivity index (χ1v) is 6.97. The summed E-state index contributed by atoms with van der Waals surface area (Å²) >= 11 is 5.86. The van der Waals surface area contributed by atoms with Gasteiger partial charge < -0.3 is 9.73 Å². The zero-order valence-electron chi connectivity index (χ0n) is 11.5. The SMILES string of the molecule is Cc1cccc(NCc2nnc(-c3ccc(Cl)cc3)o2)c1. The van der Waals surface area contributed by atoms with Crippen LogP contribution in [-0.2, 0) is 6.54 Å². The Morgan fingerprint density at radius 2 is 1.90 bits per heavy atom. The average molecular weight is 300 g/mol. The van der Waals surface area contributed by atoms with Crippen molar-refractivity contribution in [3.63, 3.8) is 0 Å². The zero-order chi connectivity index (χ0) is 14.7. The molecule has 0 bridgehead atoms. The second kappa shape index (κ2) is 5.97. The predicted octanol–water partition coefficient (Wildman–Crippen LogP) is 4.31. The van der Waals surface area contributed by atoms with Crippen molar-refractivity contribution in [3.05, 3.63) is 65.0 Å². The van der Waals surface area contributed by atoms with E-state index >= 15 is 0 Å². The van der Waals surface area contributed by atoms with E-state index in [4.69, 9.17) is 16.0 Å². The molecule has 5 heteroatoms. The lowest BCUT2D eigenvalue weighted by molar-refractivity contribution is 0.515. The first-order chi connectivity index (χ1) is 10.2. The van der Waals surface area contributed by atoms with Gasteiger partial charge in [-0.25, -0.2) is 0 Å². The van der Waals surface area contributed by atoms with Crippen molar-refractivity contribution >= 4 is 17.3 Å². The maximum atomic E-state index is 5.86. The van der Waals surface area contributed by atoms with Crippen molar-refractivity contribution < 1.29 is 4.42 Å². The van der Waals surface area contributed by atoms with Crippen molar-refractivity contribution in [2.45, 2.75) is 13.5 Å². The minimum Gasteiger partial charge on any atom is -0.419 e. The minimum absolute atomic E-state index is 0.490. The highest BCUT2D eigenvalue weighted by Gasteiger charge is 2.08. The van der Waals surface area contributed by atoms with E-state index in [0.29, 0.717) is 23.3 Å². The van der Waals surface area contributed by atoms with E-state index in [2.05, 4.69) is 34.6 Å². The van der Waals surface area contributed by atoms with Gasteiger partial charge in [-0.15, -0.1) is 10.2 Å². The first kappa shape index (κ1) is 13.6. The number of hydrogen-bond donors (Lipinski definition) is 1. The van der Waals surface area contributed by atoms with Gasteiger partial charge >= 0.3 is 0 Å². The second-order valence-electron chi connectivity index (χ2n) is 4.73. The predicted molar refractivity (Wildman–Crippen MR) is 83.2 cm³/mol. The highest BCUT2D eigenvalue weighted by molar-refractivity contribution is 6.30. The van der Waals surface area contributed by atoms with Crippen LogP contribution in [0.4, 0.5) is 5.69 Å². The van der Waals surface area contributed by atoms with Gasteiger partial charge in [-0.1, -0.05) is 23.7 Å². The number of aryl methyl sites for hydroxylation is 1. The lowest BCUT2D eigenvalue weighted by Gasteiger charge is -2.03. The molecular formula is C16H14ClN3O. The van der Waals surface area contributed by atoms with Gasteiger partial charge in [0.1, 0.15) is 0 Å². The molecule has 21 heavy (non-hydrogen) atoms. The van der Waals surface area contributed by atoms with Crippen LogP contribution in [0.1, 0.15) is 11.5 Å². The monoisotopic (exact) mass is 299 g/mol. The molecule has 0 fully saturated rings. The minimum atomic E-state index is 0.490. The number of nitrogens with one attached hydrogen (secondary N) is 1. The van der Waals surface area contributed by atoms with Gasteiger partial charge in [0.2, 0.25) is 11.8 Å². The molecule has 0 atom stereocenters. The van der Waals surface area contributed by atoms with Crippen molar-refractivity contribution in [2.75, 3.05) is 5.32 Å². The van der Waals surface area contributed by atoms with E-state index < -0.39 is 0 Å². The third-order valence-electron chi connectivity index (χ3n) is 3.02. The van der Waals surface area contributed by atoms with E-state index in [1.165, 1.54) is 5.56 Å². The Morgan fingerprint density at radius 3 is 2.67 bits per heavy atom. The standard InChI is InChI=1S/C16H14ClN3O/c1-11-3-2-4-14(9-11)18-10-15-19-20-16(21-15)12-5-7-13(17)8-6-12/h2-9,18H,10H2,1H3. The largest absolute Gasteiger partial charge is 0.419 e. The number of benzene rings is 2. The van der Waals surface area contributed by atoms with E-state index in [-0.39, 0.29) is 0 Å². The highest BCUT2D eigenvalue weighted by Crippen LogP contribution is 2.20. The molecule has 0 aliphatic heterocycles. The molecule has 1 aromatic heterocycles. The molecule has 0 unspecified atom stereocenters. The van der Waals surface area contributed by atoms with Gasteiger partial charge in [0.05, 0.1) is 6.54 Å². The average Bonchev–Trinajstić information content (AvgIpc) is 2.95. The summed E-state index contributed by atoms with van der Waals surface area (Å²) in [5.74, 6) is 1.04. The summed E-state index contributed by atoms with van der Waals surface area (Å²) in [7, 11) is 0. The van der Waals surface area contributed by atoms with Gasteiger partial charge in [-0.3, -0.25) is 0 Å². The van der Waals surface area contributed by atoms with Crippen LogP contribution in [0.2, 0.25) is 5.02 Å². The molecule has 2 aromatic carbocycles. The first-order valence-electron chi connectivity index (χ1n) is 6.59. The van der Waals surface area contributed by atoms with Crippen molar-refractivity contribution in [3.8, 4) is 11.5 Å². The molecule has 1 N–H and O–H groups in total. The Morgan fingerprint density at radius 1 is 1.10 bits per heavy atom. The smallest absolute Gasteiger partial charge is 0.247 e. The second-order valence-corrected chi connectivity index (χ2v) is 5.17. The topological polar surface area (TPSA) is 51.0 Å². The molecule has 0 saturated carbocycles. The van der Waals surface area contributed by atoms with Gasteiger partial charge in [-0.2, -0.15) is 0 Å². The molecule has 0 radical (unpaired) electrons. The normalized spacial score (nSPS) is 10.6. The van der Waals surface area contributed by atoms with E-state index in [0.717, 1.165) is 11.3 Å². The molecule has 0 amide bonds. The lowest BCUT2D eigenvalue weighted by atomic mass is 10.2. The number of hydrogen-bond acceptors (Lipinski definition) is 4. The van der Waals surface area contributed by atoms with Gasteiger partial charge in [0.15, 0.2) is 0 Å². The maximum absolute atomic E-state index is 5.86. The Balaban J connectivity index is 1.69. The fourth-order valence-corrected chi connectivity index (χ4v) is 2.09. The van der Waals surface area contributed by atoms with Crippen LogP contribution < -0.4 is 5.32 Å². The molecule has 3 rings (SSSR count). The summed E-state index contributed by atoms with van der Waals surface area (Å²) in [6.07, 6.45) is 0. The van der Waals surface area contributed by atoms with Crippen molar-refractivity contribution in [1.82, 2.24) is 10.2 Å². The summed E-state index contributed by atoms with van der Waals surface area (Å²) < 4.78 is 5.63. The van der Waals surface area contributed by atoms with Crippen LogP contribution in [0.3, 0.4) is 0 Å². The van der Waals surface area contributed by atoms with Crippen LogP contribution in [0.15, 0.2) is 52.9 Å². The molecule has 0 aliphatic carbocycles. The number of halogens is 1. The number of anilines is 1. The van der Waals surface area contributed by atoms with Crippen LogP contribution >= 0.6 is 11.6 Å². The summed E-state index contributed by atoms with van der Waals surface area (Å²) in [6.45, 7) is 2.54. The fraction of sp³-hybridized carbons (Fsp3) is 0.125. The molecule has 1 heterocycles. The van der Waals surface area contributed by atoms with Crippen molar-refractivity contribution in [1.29, 1.82) is 0 Å². The quantitative estimate of drug-likeness (QED) is 0.780. The van der Waals surface area contributed by atoms with Crippen LogP contribution in [0, 0.1) is 6.92 Å². The molecule has 0 aliphatic rings. The van der Waals surface area contributed by atoms with E-state index in [9.17, 15) is 0 Å².